The van der Waals surface area contributed by atoms with Crippen LogP contribution in [-0.4, -0.2) is 71.7 Å². The Balaban J connectivity index is 0.00000180. The van der Waals surface area contributed by atoms with Crippen LogP contribution in [0.5, 0.6) is 0 Å². The number of aliphatic hydroxyl groups is 1. The standard InChI is InChI=1S/C13H25N3O2.ClH/c1-10-8-16(7-6-15(10)9-11(2)17)13(18)12-4-3-5-14-12;/h10-12,14,17H,3-9H2,1-2H3;1H/t10?,11?,12-;/m0./s1. The molecule has 0 spiro atoms. The number of piperazine rings is 1. The molecule has 5 nitrogen and oxygen atoms in total. The summed E-state index contributed by atoms with van der Waals surface area (Å²) in [4.78, 5) is 16.5. The molecule has 0 saturated carbocycles. The summed E-state index contributed by atoms with van der Waals surface area (Å²) in [5.41, 5.74) is 0. The Morgan fingerprint density at radius 1 is 1.47 bits per heavy atom. The maximum atomic E-state index is 12.3. The van der Waals surface area contributed by atoms with E-state index in [1.807, 2.05) is 11.8 Å². The Morgan fingerprint density at radius 2 is 2.21 bits per heavy atom. The van der Waals surface area contributed by atoms with Crippen molar-refractivity contribution in [3.05, 3.63) is 0 Å². The summed E-state index contributed by atoms with van der Waals surface area (Å²) in [6.07, 6.45) is 1.78. The van der Waals surface area contributed by atoms with Gasteiger partial charge in [-0.05, 0) is 33.2 Å². The predicted octanol–water partition coefficient (Wildman–Crippen LogP) is 0.0737. The summed E-state index contributed by atoms with van der Waals surface area (Å²) in [6, 6.07) is 0.374. The molecule has 0 radical (unpaired) electrons. The van der Waals surface area contributed by atoms with E-state index in [0.29, 0.717) is 12.6 Å². The number of rotatable bonds is 3. The number of aliphatic hydroxyl groups excluding tert-OH is 1. The molecule has 0 aromatic rings. The zero-order valence-corrected chi connectivity index (χ0v) is 12.7. The SMILES string of the molecule is CC(O)CN1CCN(C(=O)[C@@H]2CCCN2)CC1C.Cl. The van der Waals surface area contributed by atoms with Gasteiger partial charge in [0.15, 0.2) is 0 Å². The van der Waals surface area contributed by atoms with Crippen LogP contribution < -0.4 is 5.32 Å². The molecule has 2 unspecified atom stereocenters. The fraction of sp³-hybridized carbons (Fsp3) is 0.923. The van der Waals surface area contributed by atoms with E-state index in [4.69, 9.17) is 0 Å². The van der Waals surface area contributed by atoms with Crippen LogP contribution >= 0.6 is 12.4 Å². The Morgan fingerprint density at radius 3 is 2.74 bits per heavy atom. The Hall–Kier alpha value is -0.360. The fourth-order valence-corrected chi connectivity index (χ4v) is 2.92. The maximum Gasteiger partial charge on any atom is 0.239 e. The van der Waals surface area contributed by atoms with Gasteiger partial charge in [-0.25, -0.2) is 0 Å². The fourth-order valence-electron chi connectivity index (χ4n) is 2.92. The molecular weight excluding hydrogens is 266 g/mol. The first-order valence-corrected chi connectivity index (χ1v) is 7.02. The molecule has 0 aromatic carbocycles. The van der Waals surface area contributed by atoms with Gasteiger partial charge in [0.2, 0.25) is 5.91 Å². The molecule has 2 rings (SSSR count). The van der Waals surface area contributed by atoms with Gasteiger partial charge < -0.3 is 15.3 Å². The monoisotopic (exact) mass is 291 g/mol. The van der Waals surface area contributed by atoms with E-state index in [9.17, 15) is 9.90 Å². The van der Waals surface area contributed by atoms with Gasteiger partial charge in [-0.2, -0.15) is 0 Å². The molecule has 1 amide bonds. The Labute approximate surface area is 121 Å². The molecule has 0 aromatic heterocycles. The van der Waals surface area contributed by atoms with Crippen LogP contribution in [0.15, 0.2) is 0 Å². The van der Waals surface area contributed by atoms with E-state index in [0.717, 1.165) is 39.0 Å². The first-order valence-electron chi connectivity index (χ1n) is 7.02. The van der Waals surface area contributed by atoms with Gasteiger partial charge in [-0.1, -0.05) is 0 Å². The number of carbonyl (C=O) groups is 1. The summed E-state index contributed by atoms with van der Waals surface area (Å²) in [6.45, 7) is 8.04. The third-order valence-electron chi connectivity index (χ3n) is 3.93. The highest BCUT2D eigenvalue weighted by atomic mass is 35.5. The van der Waals surface area contributed by atoms with Gasteiger partial charge in [-0.3, -0.25) is 9.69 Å². The van der Waals surface area contributed by atoms with Gasteiger partial charge >= 0.3 is 0 Å². The van der Waals surface area contributed by atoms with Crippen LogP contribution in [0.4, 0.5) is 0 Å². The van der Waals surface area contributed by atoms with Crippen molar-refractivity contribution in [2.24, 2.45) is 0 Å². The van der Waals surface area contributed by atoms with E-state index in [2.05, 4.69) is 17.1 Å². The lowest BCUT2D eigenvalue weighted by molar-refractivity contribution is -0.136. The molecule has 0 aliphatic carbocycles. The minimum absolute atomic E-state index is 0. The van der Waals surface area contributed by atoms with Crippen molar-refractivity contribution >= 4 is 18.3 Å². The summed E-state index contributed by atoms with van der Waals surface area (Å²) in [5, 5.41) is 12.7. The van der Waals surface area contributed by atoms with Gasteiger partial charge in [0.1, 0.15) is 0 Å². The zero-order chi connectivity index (χ0) is 13.1. The largest absolute Gasteiger partial charge is 0.392 e. The van der Waals surface area contributed by atoms with E-state index in [-0.39, 0.29) is 30.5 Å². The highest BCUT2D eigenvalue weighted by Gasteiger charge is 2.31. The molecule has 2 N–H and O–H groups in total. The lowest BCUT2D eigenvalue weighted by Crippen LogP contribution is -2.57. The second-order valence-electron chi connectivity index (χ2n) is 5.63. The van der Waals surface area contributed by atoms with E-state index in [1.54, 1.807) is 0 Å². The molecule has 0 bridgehead atoms. The molecule has 6 heteroatoms. The molecule has 2 saturated heterocycles. The number of amides is 1. The molecule has 2 heterocycles. The van der Waals surface area contributed by atoms with Gasteiger partial charge in [0.05, 0.1) is 12.1 Å². The van der Waals surface area contributed by atoms with Crippen molar-refractivity contribution in [3.8, 4) is 0 Å². The number of carbonyl (C=O) groups excluding carboxylic acids is 1. The maximum absolute atomic E-state index is 12.3. The smallest absolute Gasteiger partial charge is 0.239 e. The van der Waals surface area contributed by atoms with Crippen molar-refractivity contribution in [1.82, 2.24) is 15.1 Å². The van der Waals surface area contributed by atoms with Gasteiger partial charge in [-0.15, -0.1) is 12.4 Å². The topological polar surface area (TPSA) is 55.8 Å². The summed E-state index contributed by atoms with van der Waals surface area (Å²) < 4.78 is 0. The third-order valence-corrected chi connectivity index (χ3v) is 3.93. The molecule has 19 heavy (non-hydrogen) atoms. The van der Waals surface area contributed by atoms with Crippen LogP contribution in [0.3, 0.4) is 0 Å². The van der Waals surface area contributed by atoms with Crippen molar-refractivity contribution in [2.45, 2.75) is 44.9 Å². The average molecular weight is 292 g/mol. The Bertz CT molecular complexity index is 296. The molecule has 112 valence electrons. The van der Waals surface area contributed by atoms with Crippen LogP contribution in [0.2, 0.25) is 0 Å². The molecule has 2 fully saturated rings. The predicted molar refractivity (Wildman–Crippen MR) is 77.6 cm³/mol. The number of nitrogens with zero attached hydrogens (tertiary/aromatic N) is 2. The van der Waals surface area contributed by atoms with Crippen molar-refractivity contribution < 1.29 is 9.90 Å². The third kappa shape index (κ3) is 4.31. The first kappa shape index (κ1) is 16.7. The molecular formula is C13H26ClN3O2. The number of nitrogens with one attached hydrogen (secondary N) is 1. The van der Waals surface area contributed by atoms with E-state index < -0.39 is 0 Å². The van der Waals surface area contributed by atoms with Crippen LogP contribution in [-0.2, 0) is 4.79 Å². The summed E-state index contributed by atoms with van der Waals surface area (Å²) in [5.74, 6) is 0.260. The van der Waals surface area contributed by atoms with E-state index in [1.165, 1.54) is 0 Å². The summed E-state index contributed by atoms with van der Waals surface area (Å²) in [7, 11) is 0. The quantitative estimate of drug-likeness (QED) is 0.773. The second-order valence-corrected chi connectivity index (χ2v) is 5.63. The average Bonchev–Trinajstić information content (AvgIpc) is 2.84. The number of hydrogen-bond acceptors (Lipinski definition) is 4. The molecule has 2 aliphatic rings. The Kier molecular flexibility index (Phi) is 6.53. The molecule has 3 atom stereocenters. The van der Waals surface area contributed by atoms with Crippen molar-refractivity contribution in [3.63, 3.8) is 0 Å². The second kappa shape index (κ2) is 7.43. The van der Waals surface area contributed by atoms with E-state index >= 15 is 0 Å². The van der Waals surface area contributed by atoms with Crippen LogP contribution in [0, 0.1) is 0 Å². The normalized spacial score (nSPS) is 29.9. The number of β-amino-alcohol motifs (C(OH)–C–C–N with tert-alkyl or cyclic N) is 1. The number of halogens is 1. The highest BCUT2D eigenvalue weighted by Crippen LogP contribution is 2.14. The lowest BCUT2D eigenvalue weighted by Gasteiger charge is -2.41. The lowest BCUT2D eigenvalue weighted by atomic mass is 10.1. The highest BCUT2D eigenvalue weighted by molar-refractivity contribution is 5.85. The zero-order valence-electron chi connectivity index (χ0n) is 11.8. The molecule has 2 aliphatic heterocycles. The first-order chi connectivity index (χ1) is 8.58. The summed E-state index contributed by atoms with van der Waals surface area (Å²) >= 11 is 0. The van der Waals surface area contributed by atoms with Crippen molar-refractivity contribution in [1.29, 1.82) is 0 Å². The van der Waals surface area contributed by atoms with Crippen molar-refractivity contribution in [2.75, 3.05) is 32.7 Å². The van der Waals surface area contributed by atoms with Crippen LogP contribution in [0.1, 0.15) is 26.7 Å². The van der Waals surface area contributed by atoms with Gasteiger partial charge in [0, 0.05) is 32.2 Å². The van der Waals surface area contributed by atoms with Gasteiger partial charge in [0.25, 0.3) is 0 Å². The minimum Gasteiger partial charge on any atom is -0.392 e. The number of hydrogen-bond donors (Lipinski definition) is 2. The van der Waals surface area contributed by atoms with Crippen LogP contribution in [0.25, 0.3) is 0 Å². The minimum atomic E-state index is -0.300.